The van der Waals surface area contributed by atoms with Crippen molar-refractivity contribution in [2.75, 3.05) is 23.8 Å². The first-order valence-electron chi connectivity index (χ1n) is 12.5. The number of fused-ring (bicyclic) bond motifs is 1. The number of nitrogens with two attached hydrogens (primary N) is 1. The number of carbonyl (C=O) groups excluding carboxylic acids is 1. The monoisotopic (exact) mass is 513 g/mol. The molecule has 1 saturated heterocycles. The Bertz CT molecular complexity index is 1210. The number of nitrogens with one attached hydrogen (secondary N) is 2. The molecule has 0 radical (unpaired) electrons. The molecule has 3 heterocycles. The Morgan fingerprint density at radius 3 is 2.83 bits per heavy atom. The molecule has 11 heteroatoms. The van der Waals surface area contributed by atoms with E-state index in [1.54, 1.807) is 6.20 Å². The van der Waals surface area contributed by atoms with Crippen LogP contribution in [0, 0.1) is 5.92 Å². The summed E-state index contributed by atoms with van der Waals surface area (Å²) < 4.78 is 12.9. The predicted molar refractivity (Wildman–Crippen MR) is 139 cm³/mol. The fraction of sp³-hybridized carbons (Fsp3) is 0.520. The SMILES string of the molecule is C[C@H]1C[C@@H](Nc2ncc3nc(Nc4cccc(Cl)c4)n(C4CCC(COC(N)=O)CC4)c3n2)CCO1. The van der Waals surface area contributed by atoms with E-state index in [2.05, 4.69) is 27.1 Å². The third kappa shape index (κ3) is 5.82. The van der Waals surface area contributed by atoms with E-state index >= 15 is 0 Å². The van der Waals surface area contributed by atoms with Crippen molar-refractivity contribution in [1.29, 1.82) is 0 Å². The average molecular weight is 514 g/mol. The van der Waals surface area contributed by atoms with E-state index in [1.165, 1.54) is 0 Å². The van der Waals surface area contributed by atoms with Crippen LogP contribution in [0.5, 0.6) is 0 Å². The standard InChI is InChI=1S/C25H32ClN7O3/c1-15-11-19(9-10-35-15)29-24-28-13-21-22(32-24)33(20-7-5-16(6-8-20)14-36-23(27)34)25(31-21)30-18-4-2-3-17(26)12-18/h2-4,12-13,15-16,19-20H,5-11,14H2,1H3,(H2,27,34)(H,30,31)(H,28,29,32)/t15-,16?,19-,20?/m0/s1. The maximum atomic E-state index is 11.0. The van der Waals surface area contributed by atoms with E-state index in [-0.39, 0.29) is 18.2 Å². The van der Waals surface area contributed by atoms with Gasteiger partial charge >= 0.3 is 6.09 Å². The van der Waals surface area contributed by atoms with Gasteiger partial charge in [0.25, 0.3) is 0 Å². The lowest BCUT2D eigenvalue weighted by Crippen LogP contribution is -2.33. The highest BCUT2D eigenvalue weighted by Gasteiger charge is 2.28. The summed E-state index contributed by atoms with van der Waals surface area (Å²) in [6.07, 6.45) is 6.77. The molecule has 4 N–H and O–H groups in total. The van der Waals surface area contributed by atoms with Gasteiger partial charge in [-0.3, -0.25) is 4.57 Å². The number of halogens is 1. The summed E-state index contributed by atoms with van der Waals surface area (Å²) in [6, 6.07) is 8.02. The van der Waals surface area contributed by atoms with Crippen LogP contribution in [-0.4, -0.2) is 51.0 Å². The summed E-state index contributed by atoms with van der Waals surface area (Å²) >= 11 is 6.22. The molecule has 36 heavy (non-hydrogen) atoms. The first-order valence-corrected chi connectivity index (χ1v) is 12.9. The molecule has 0 spiro atoms. The van der Waals surface area contributed by atoms with Crippen LogP contribution in [0.2, 0.25) is 5.02 Å². The van der Waals surface area contributed by atoms with E-state index < -0.39 is 6.09 Å². The lowest BCUT2D eigenvalue weighted by atomic mass is 9.86. The topological polar surface area (TPSA) is 129 Å². The fourth-order valence-electron chi connectivity index (χ4n) is 5.17. The third-order valence-electron chi connectivity index (χ3n) is 6.97. The molecule has 1 saturated carbocycles. The molecule has 10 nitrogen and oxygen atoms in total. The predicted octanol–water partition coefficient (Wildman–Crippen LogP) is 5.03. The van der Waals surface area contributed by atoms with Crippen LogP contribution in [-0.2, 0) is 9.47 Å². The second-order valence-corrected chi connectivity index (χ2v) is 10.1. The number of anilines is 3. The normalized spacial score (nSPS) is 24.4. The minimum absolute atomic E-state index is 0.187. The maximum Gasteiger partial charge on any atom is 0.404 e. The number of carbonyl (C=O) groups is 1. The van der Waals surface area contributed by atoms with Crippen LogP contribution in [0.1, 0.15) is 51.5 Å². The zero-order valence-corrected chi connectivity index (χ0v) is 21.1. The number of rotatable bonds is 7. The number of ether oxygens (including phenoxy) is 2. The molecule has 0 unspecified atom stereocenters. The van der Waals surface area contributed by atoms with Gasteiger partial charge in [-0.25, -0.2) is 14.8 Å². The van der Waals surface area contributed by atoms with Gasteiger partial charge in [0.15, 0.2) is 5.65 Å². The maximum absolute atomic E-state index is 11.0. The molecule has 1 aromatic carbocycles. The summed E-state index contributed by atoms with van der Waals surface area (Å²) in [7, 11) is 0. The van der Waals surface area contributed by atoms with E-state index in [1.807, 2.05) is 24.3 Å². The van der Waals surface area contributed by atoms with Gasteiger partial charge < -0.3 is 25.8 Å². The van der Waals surface area contributed by atoms with E-state index in [0.717, 1.165) is 62.0 Å². The van der Waals surface area contributed by atoms with Crippen molar-refractivity contribution < 1.29 is 14.3 Å². The Morgan fingerprint density at radius 2 is 2.08 bits per heavy atom. The molecule has 192 valence electrons. The van der Waals surface area contributed by atoms with E-state index in [9.17, 15) is 4.79 Å². The number of nitrogens with zero attached hydrogens (tertiary/aromatic N) is 4. The van der Waals surface area contributed by atoms with Crippen molar-refractivity contribution in [3.63, 3.8) is 0 Å². The molecular weight excluding hydrogens is 482 g/mol. The summed E-state index contributed by atoms with van der Waals surface area (Å²) in [6.45, 7) is 3.18. The average Bonchev–Trinajstić information content (AvgIpc) is 3.20. The molecule has 5 rings (SSSR count). The van der Waals surface area contributed by atoms with Crippen LogP contribution in [0.15, 0.2) is 30.5 Å². The Kier molecular flexibility index (Phi) is 7.43. The fourth-order valence-corrected chi connectivity index (χ4v) is 5.36. The largest absolute Gasteiger partial charge is 0.449 e. The van der Waals surface area contributed by atoms with Gasteiger partial charge in [-0.2, -0.15) is 4.98 Å². The van der Waals surface area contributed by atoms with Crippen LogP contribution < -0.4 is 16.4 Å². The van der Waals surface area contributed by atoms with Crippen molar-refractivity contribution in [1.82, 2.24) is 19.5 Å². The number of hydrogen-bond donors (Lipinski definition) is 3. The Morgan fingerprint density at radius 1 is 1.25 bits per heavy atom. The van der Waals surface area contributed by atoms with E-state index in [0.29, 0.717) is 29.4 Å². The molecule has 2 aromatic heterocycles. The zero-order valence-electron chi connectivity index (χ0n) is 20.3. The number of aromatic nitrogens is 4. The zero-order chi connectivity index (χ0) is 25.1. The van der Waals surface area contributed by atoms with Crippen LogP contribution >= 0.6 is 11.6 Å². The first kappa shape index (κ1) is 24.6. The Labute approximate surface area is 214 Å². The highest BCUT2D eigenvalue weighted by atomic mass is 35.5. The molecule has 2 atom stereocenters. The van der Waals surface area contributed by atoms with Crippen LogP contribution in [0.25, 0.3) is 11.2 Å². The molecule has 0 bridgehead atoms. The minimum atomic E-state index is -0.721. The second-order valence-electron chi connectivity index (χ2n) is 9.69. The van der Waals surface area contributed by atoms with Crippen molar-refractivity contribution >= 4 is 46.4 Å². The molecule has 1 aliphatic carbocycles. The van der Waals surface area contributed by atoms with Crippen molar-refractivity contribution in [2.45, 2.75) is 63.6 Å². The van der Waals surface area contributed by atoms with Crippen molar-refractivity contribution in [2.24, 2.45) is 11.7 Å². The number of imidazole rings is 1. The molecule has 2 fully saturated rings. The van der Waals surface area contributed by atoms with Gasteiger partial charge in [0.2, 0.25) is 11.9 Å². The van der Waals surface area contributed by atoms with Gasteiger partial charge in [0.1, 0.15) is 5.52 Å². The van der Waals surface area contributed by atoms with Crippen LogP contribution in [0.4, 0.5) is 22.4 Å². The molecule has 2 aliphatic rings. The second kappa shape index (κ2) is 10.9. The molecule has 1 aliphatic heterocycles. The molecule has 1 amide bonds. The minimum Gasteiger partial charge on any atom is -0.449 e. The summed E-state index contributed by atoms with van der Waals surface area (Å²) in [5, 5.41) is 7.58. The lowest BCUT2D eigenvalue weighted by molar-refractivity contribution is 0.0231. The number of amides is 1. The van der Waals surface area contributed by atoms with Gasteiger partial charge in [-0.1, -0.05) is 17.7 Å². The van der Waals surface area contributed by atoms with Crippen LogP contribution in [0.3, 0.4) is 0 Å². The summed E-state index contributed by atoms with van der Waals surface area (Å²) in [4.78, 5) is 25.3. The third-order valence-corrected chi connectivity index (χ3v) is 7.21. The quantitative estimate of drug-likeness (QED) is 0.401. The highest BCUT2D eigenvalue weighted by Crippen LogP contribution is 2.37. The summed E-state index contributed by atoms with van der Waals surface area (Å²) in [5.74, 6) is 1.60. The smallest absolute Gasteiger partial charge is 0.404 e. The first-order chi connectivity index (χ1) is 17.4. The van der Waals surface area contributed by atoms with Gasteiger partial charge in [0.05, 0.1) is 18.9 Å². The van der Waals surface area contributed by atoms with Gasteiger partial charge in [0, 0.05) is 29.4 Å². The highest BCUT2D eigenvalue weighted by molar-refractivity contribution is 6.30. The van der Waals surface area contributed by atoms with Crippen molar-refractivity contribution in [3.05, 3.63) is 35.5 Å². The Hall–Kier alpha value is -3.11. The number of primary amides is 1. The number of hydrogen-bond acceptors (Lipinski definition) is 8. The molecule has 3 aromatic rings. The van der Waals surface area contributed by atoms with E-state index in [4.69, 9.17) is 36.8 Å². The Balaban J connectivity index is 1.43. The van der Waals surface area contributed by atoms with Gasteiger partial charge in [-0.05, 0) is 69.6 Å². The number of benzene rings is 1. The summed E-state index contributed by atoms with van der Waals surface area (Å²) in [5.41, 5.74) is 7.52. The van der Waals surface area contributed by atoms with Gasteiger partial charge in [-0.15, -0.1) is 0 Å². The molecular formula is C25H32ClN7O3. The van der Waals surface area contributed by atoms with Crippen molar-refractivity contribution in [3.8, 4) is 0 Å². The lowest BCUT2D eigenvalue weighted by Gasteiger charge is -2.30.